The van der Waals surface area contributed by atoms with Gasteiger partial charge in [0, 0.05) is 19.0 Å². The Kier molecular flexibility index (Phi) is 4.39. The molecule has 108 valence electrons. The summed E-state index contributed by atoms with van der Waals surface area (Å²) in [5.74, 6) is 5.42. The first-order valence-corrected chi connectivity index (χ1v) is 6.35. The van der Waals surface area contributed by atoms with Gasteiger partial charge in [-0.15, -0.1) is 0 Å². The third kappa shape index (κ3) is 2.82. The van der Waals surface area contributed by atoms with E-state index in [0.29, 0.717) is 6.42 Å². The predicted octanol–water partition coefficient (Wildman–Crippen LogP) is -1.06. The highest BCUT2D eigenvalue weighted by Gasteiger charge is 2.35. The molecule has 1 aliphatic heterocycles. The van der Waals surface area contributed by atoms with Gasteiger partial charge in [-0.1, -0.05) is 18.8 Å². The van der Waals surface area contributed by atoms with Crippen LogP contribution in [-0.4, -0.2) is 38.6 Å². The van der Waals surface area contributed by atoms with Crippen LogP contribution in [0.4, 0.5) is 0 Å². The maximum atomic E-state index is 11.8. The highest BCUT2D eigenvalue weighted by molar-refractivity contribution is 5.29. The lowest BCUT2D eigenvalue weighted by Gasteiger charge is -2.14. The van der Waals surface area contributed by atoms with Crippen LogP contribution in [0.5, 0.6) is 0 Å². The van der Waals surface area contributed by atoms with Crippen molar-refractivity contribution >= 4 is 0 Å². The molecule has 1 fully saturated rings. The van der Waals surface area contributed by atoms with E-state index in [1.54, 1.807) is 0 Å². The van der Waals surface area contributed by atoms with Gasteiger partial charge in [-0.3, -0.25) is 14.3 Å². The smallest absolute Gasteiger partial charge is 0.330 e. The number of hydrogen-bond donors (Lipinski definition) is 3. The number of ether oxygens (including phenoxy) is 1. The number of H-pyrrole nitrogens is 1. The summed E-state index contributed by atoms with van der Waals surface area (Å²) < 4.78 is 6.56. The van der Waals surface area contributed by atoms with Crippen molar-refractivity contribution in [2.24, 2.45) is 0 Å². The van der Waals surface area contributed by atoms with E-state index in [4.69, 9.17) is 9.84 Å². The molecule has 1 aromatic heterocycles. The Morgan fingerprint density at radius 1 is 1.55 bits per heavy atom. The molecular weight excluding hydrogens is 264 g/mol. The van der Waals surface area contributed by atoms with Crippen molar-refractivity contribution in [1.29, 1.82) is 0 Å². The number of hydrogen-bond acceptors (Lipinski definition) is 5. The fourth-order valence-electron chi connectivity index (χ4n) is 2.02. The average molecular weight is 280 g/mol. The van der Waals surface area contributed by atoms with Crippen LogP contribution in [0.15, 0.2) is 15.8 Å². The number of aliphatic hydroxyl groups is 2. The summed E-state index contributed by atoms with van der Waals surface area (Å²) >= 11 is 0. The molecule has 20 heavy (non-hydrogen) atoms. The monoisotopic (exact) mass is 280 g/mol. The Labute approximate surface area is 114 Å². The van der Waals surface area contributed by atoms with E-state index in [1.807, 2.05) is 6.92 Å². The summed E-state index contributed by atoms with van der Waals surface area (Å²) in [7, 11) is 0. The third-order valence-electron chi connectivity index (χ3n) is 3.06. The number of nitrogens with one attached hydrogen (secondary N) is 1. The second-order valence-corrected chi connectivity index (χ2v) is 4.48. The summed E-state index contributed by atoms with van der Waals surface area (Å²) in [6, 6.07) is 0. The molecule has 1 aromatic rings. The minimum Gasteiger partial charge on any atom is -0.394 e. The lowest BCUT2D eigenvalue weighted by Crippen LogP contribution is -2.33. The molecule has 2 rings (SSSR count). The summed E-state index contributed by atoms with van der Waals surface area (Å²) in [6.45, 7) is 1.51. The largest absolute Gasteiger partial charge is 0.394 e. The Morgan fingerprint density at radius 3 is 2.90 bits per heavy atom. The quantitative estimate of drug-likeness (QED) is 0.599. The van der Waals surface area contributed by atoms with Crippen LogP contribution in [0.25, 0.3) is 0 Å². The van der Waals surface area contributed by atoms with Crippen molar-refractivity contribution in [3.05, 3.63) is 32.6 Å². The average Bonchev–Trinajstić information content (AvgIpc) is 2.79. The Balaban J connectivity index is 2.38. The van der Waals surface area contributed by atoms with Gasteiger partial charge in [0.15, 0.2) is 0 Å². The van der Waals surface area contributed by atoms with E-state index in [1.165, 1.54) is 10.8 Å². The number of aromatic amines is 1. The van der Waals surface area contributed by atoms with E-state index in [-0.39, 0.29) is 18.6 Å². The van der Waals surface area contributed by atoms with E-state index in [0.717, 1.165) is 0 Å². The van der Waals surface area contributed by atoms with Gasteiger partial charge in [0.05, 0.1) is 12.7 Å². The number of rotatable bonds is 2. The highest BCUT2D eigenvalue weighted by Crippen LogP contribution is 2.27. The molecule has 3 atom stereocenters. The molecule has 7 nitrogen and oxygen atoms in total. The van der Waals surface area contributed by atoms with Gasteiger partial charge in [0.25, 0.3) is 5.56 Å². The van der Waals surface area contributed by atoms with Crippen LogP contribution in [0.2, 0.25) is 0 Å². The molecule has 0 bridgehead atoms. The van der Waals surface area contributed by atoms with Crippen LogP contribution in [0.3, 0.4) is 0 Å². The molecule has 1 aliphatic rings. The van der Waals surface area contributed by atoms with Gasteiger partial charge in [-0.25, -0.2) is 4.79 Å². The Morgan fingerprint density at radius 2 is 2.30 bits per heavy atom. The minimum atomic E-state index is -0.853. The second kappa shape index (κ2) is 6.05. The van der Waals surface area contributed by atoms with Gasteiger partial charge < -0.3 is 14.9 Å². The molecule has 0 aliphatic carbocycles. The van der Waals surface area contributed by atoms with Gasteiger partial charge in [-0.2, -0.15) is 0 Å². The van der Waals surface area contributed by atoms with E-state index < -0.39 is 29.7 Å². The minimum absolute atomic E-state index is 0.164. The van der Waals surface area contributed by atoms with Crippen LogP contribution < -0.4 is 11.2 Å². The normalized spacial score (nSPS) is 25.2. The van der Waals surface area contributed by atoms with Crippen LogP contribution in [0, 0.1) is 11.8 Å². The van der Waals surface area contributed by atoms with Crippen molar-refractivity contribution in [2.45, 2.75) is 38.2 Å². The van der Waals surface area contributed by atoms with E-state index in [9.17, 15) is 14.7 Å². The second-order valence-electron chi connectivity index (χ2n) is 4.48. The third-order valence-corrected chi connectivity index (χ3v) is 3.06. The molecular formula is C13H16N2O5. The van der Waals surface area contributed by atoms with Crippen molar-refractivity contribution in [3.8, 4) is 11.8 Å². The molecule has 0 radical (unpaired) electrons. The number of aliphatic hydroxyl groups excluding tert-OH is 2. The SMILES string of the molecule is CCC#Cc1cn([C@H]2C[C@@H](O)[C@@H](CO)O2)c(=O)[nH]c1=O. The molecule has 2 heterocycles. The number of nitrogens with zero attached hydrogens (tertiary/aromatic N) is 1. The molecule has 0 amide bonds. The van der Waals surface area contributed by atoms with Gasteiger partial charge in [0.1, 0.15) is 17.9 Å². The van der Waals surface area contributed by atoms with Crippen molar-refractivity contribution < 1.29 is 14.9 Å². The standard InChI is InChI=1S/C13H16N2O5/c1-2-3-4-8-6-15(13(19)14-12(8)18)11-5-9(17)10(7-16)20-11/h6,9-11,16-17H,2,5,7H2,1H3,(H,14,18,19)/t9-,10-,11-/m1/s1. The molecule has 0 unspecified atom stereocenters. The molecule has 1 saturated heterocycles. The first-order chi connectivity index (χ1) is 9.56. The van der Waals surface area contributed by atoms with Crippen LogP contribution in [-0.2, 0) is 4.74 Å². The molecule has 3 N–H and O–H groups in total. The summed E-state index contributed by atoms with van der Waals surface area (Å²) in [4.78, 5) is 25.6. The summed E-state index contributed by atoms with van der Waals surface area (Å²) in [5, 5.41) is 18.7. The van der Waals surface area contributed by atoms with Crippen molar-refractivity contribution in [3.63, 3.8) is 0 Å². The first kappa shape index (κ1) is 14.5. The topological polar surface area (TPSA) is 105 Å². The van der Waals surface area contributed by atoms with E-state index in [2.05, 4.69) is 16.8 Å². The Hall–Kier alpha value is -1.88. The van der Waals surface area contributed by atoms with Crippen LogP contribution in [0.1, 0.15) is 31.6 Å². The summed E-state index contributed by atoms with van der Waals surface area (Å²) in [6.07, 6.45) is -0.241. The van der Waals surface area contributed by atoms with Crippen molar-refractivity contribution in [2.75, 3.05) is 6.61 Å². The van der Waals surface area contributed by atoms with Crippen LogP contribution >= 0.6 is 0 Å². The van der Waals surface area contributed by atoms with Gasteiger partial charge in [0.2, 0.25) is 0 Å². The zero-order chi connectivity index (χ0) is 14.7. The van der Waals surface area contributed by atoms with E-state index >= 15 is 0 Å². The molecule has 7 heteroatoms. The molecule has 0 spiro atoms. The maximum absolute atomic E-state index is 11.8. The Bertz CT molecular complexity index is 651. The molecule has 0 aromatic carbocycles. The lowest BCUT2D eigenvalue weighted by molar-refractivity contribution is -0.0459. The zero-order valence-electron chi connectivity index (χ0n) is 11.0. The van der Waals surface area contributed by atoms with Gasteiger partial charge in [-0.05, 0) is 0 Å². The number of aromatic nitrogens is 2. The fourth-order valence-corrected chi connectivity index (χ4v) is 2.02. The first-order valence-electron chi connectivity index (χ1n) is 6.35. The zero-order valence-corrected chi connectivity index (χ0v) is 11.0. The lowest BCUT2D eigenvalue weighted by atomic mass is 10.2. The summed E-state index contributed by atoms with van der Waals surface area (Å²) in [5.41, 5.74) is -1.02. The highest BCUT2D eigenvalue weighted by atomic mass is 16.5. The molecule has 0 saturated carbocycles. The maximum Gasteiger partial charge on any atom is 0.330 e. The fraction of sp³-hybridized carbons (Fsp3) is 0.538. The van der Waals surface area contributed by atoms with Crippen molar-refractivity contribution in [1.82, 2.24) is 9.55 Å². The van der Waals surface area contributed by atoms with Gasteiger partial charge >= 0.3 is 5.69 Å². The predicted molar refractivity (Wildman–Crippen MR) is 70.1 cm³/mol.